The number of nitrogens with two attached hydrogens (primary N) is 1. The van der Waals surface area contributed by atoms with Crippen LogP contribution in [-0.2, 0) is 4.79 Å². The van der Waals surface area contributed by atoms with Crippen LogP contribution in [0.2, 0.25) is 0 Å². The number of rotatable bonds is 2. The Morgan fingerprint density at radius 2 is 1.87 bits per heavy atom. The number of amides is 1. The first-order valence-corrected chi connectivity index (χ1v) is 5.65. The molecule has 0 bridgehead atoms. The van der Waals surface area contributed by atoms with E-state index in [1.807, 2.05) is 9.91 Å². The Labute approximate surface area is 90.8 Å². The highest BCUT2D eigenvalue weighted by atomic mass is 16.2. The normalized spacial score (nSPS) is 25.3. The number of hydrogen-bond donors (Lipinski definition) is 1. The fraction of sp³-hybridized carbons (Fsp3) is 0.900. The van der Waals surface area contributed by atoms with E-state index in [1.165, 1.54) is 0 Å². The molecule has 0 saturated carbocycles. The van der Waals surface area contributed by atoms with E-state index in [0.29, 0.717) is 12.5 Å². The zero-order chi connectivity index (χ0) is 10.8. The summed E-state index contributed by atoms with van der Waals surface area (Å²) in [5.41, 5.74) is 0. The van der Waals surface area contributed by atoms with E-state index < -0.39 is 0 Å². The van der Waals surface area contributed by atoms with Crippen LogP contribution in [0.1, 0.15) is 6.92 Å². The van der Waals surface area contributed by atoms with E-state index in [9.17, 15) is 4.79 Å². The van der Waals surface area contributed by atoms with Crippen LogP contribution >= 0.6 is 0 Å². The van der Waals surface area contributed by atoms with Crippen LogP contribution < -0.4 is 5.84 Å². The van der Waals surface area contributed by atoms with Crippen molar-refractivity contribution in [3.8, 4) is 0 Å². The van der Waals surface area contributed by atoms with Gasteiger partial charge in [0.25, 0.3) is 0 Å². The number of carbonyl (C=O) groups is 1. The van der Waals surface area contributed by atoms with Crippen LogP contribution in [0.15, 0.2) is 0 Å². The zero-order valence-electron chi connectivity index (χ0n) is 9.35. The van der Waals surface area contributed by atoms with Crippen molar-refractivity contribution in [1.82, 2.24) is 14.8 Å². The smallest absolute Gasteiger partial charge is 0.236 e. The molecule has 5 nitrogen and oxygen atoms in total. The first-order chi connectivity index (χ1) is 7.15. The van der Waals surface area contributed by atoms with Crippen LogP contribution in [0.25, 0.3) is 0 Å². The summed E-state index contributed by atoms with van der Waals surface area (Å²) in [6.07, 6.45) is 0. The van der Waals surface area contributed by atoms with E-state index in [0.717, 1.165) is 39.3 Å². The standard InChI is InChI=1S/C10H20N4O/c1-9-6-13(7-9)10(15)8-12-2-4-14(11)5-3-12/h9H,2-8,11H2,1H3. The van der Waals surface area contributed by atoms with Gasteiger partial charge in [-0.1, -0.05) is 6.92 Å². The molecule has 0 spiro atoms. The molecule has 86 valence electrons. The van der Waals surface area contributed by atoms with Crippen molar-refractivity contribution in [2.45, 2.75) is 6.92 Å². The van der Waals surface area contributed by atoms with Gasteiger partial charge in [0.05, 0.1) is 6.54 Å². The van der Waals surface area contributed by atoms with Gasteiger partial charge in [-0.05, 0) is 5.92 Å². The molecule has 0 unspecified atom stereocenters. The second-order valence-corrected chi connectivity index (χ2v) is 4.72. The molecule has 2 fully saturated rings. The molecule has 0 aromatic carbocycles. The molecule has 0 aromatic heterocycles. The summed E-state index contributed by atoms with van der Waals surface area (Å²) in [7, 11) is 0. The average molecular weight is 212 g/mol. The number of hydrazine groups is 1. The number of hydrogen-bond acceptors (Lipinski definition) is 4. The van der Waals surface area contributed by atoms with Gasteiger partial charge < -0.3 is 4.90 Å². The van der Waals surface area contributed by atoms with Gasteiger partial charge in [0.2, 0.25) is 5.91 Å². The minimum atomic E-state index is 0.276. The van der Waals surface area contributed by atoms with Crippen molar-refractivity contribution in [2.24, 2.45) is 11.8 Å². The molecular weight excluding hydrogens is 192 g/mol. The average Bonchev–Trinajstić information content (AvgIpc) is 2.17. The zero-order valence-corrected chi connectivity index (χ0v) is 9.35. The fourth-order valence-electron chi connectivity index (χ4n) is 2.12. The highest BCUT2D eigenvalue weighted by molar-refractivity contribution is 5.79. The highest BCUT2D eigenvalue weighted by Gasteiger charge is 2.28. The van der Waals surface area contributed by atoms with Gasteiger partial charge in [0, 0.05) is 39.3 Å². The van der Waals surface area contributed by atoms with E-state index in [2.05, 4.69) is 11.8 Å². The quantitative estimate of drug-likeness (QED) is 0.594. The second-order valence-electron chi connectivity index (χ2n) is 4.72. The number of likely N-dealkylation sites (tertiary alicyclic amines) is 1. The van der Waals surface area contributed by atoms with Crippen LogP contribution in [0.5, 0.6) is 0 Å². The Balaban J connectivity index is 1.70. The van der Waals surface area contributed by atoms with E-state index in [1.54, 1.807) is 0 Å². The molecule has 0 atom stereocenters. The summed E-state index contributed by atoms with van der Waals surface area (Å²) >= 11 is 0. The van der Waals surface area contributed by atoms with Gasteiger partial charge in [-0.3, -0.25) is 15.5 Å². The Hall–Kier alpha value is -0.650. The largest absolute Gasteiger partial charge is 0.341 e. The Morgan fingerprint density at radius 1 is 1.27 bits per heavy atom. The summed E-state index contributed by atoms with van der Waals surface area (Å²) in [6, 6.07) is 0. The van der Waals surface area contributed by atoms with E-state index in [-0.39, 0.29) is 5.91 Å². The van der Waals surface area contributed by atoms with Gasteiger partial charge in [-0.2, -0.15) is 0 Å². The SMILES string of the molecule is CC1CN(C(=O)CN2CCN(N)CC2)C1. The molecule has 1 amide bonds. The molecule has 0 aliphatic carbocycles. The molecule has 2 heterocycles. The lowest BCUT2D eigenvalue weighted by Gasteiger charge is -2.39. The fourth-order valence-corrected chi connectivity index (χ4v) is 2.12. The van der Waals surface area contributed by atoms with Crippen LogP contribution in [0.3, 0.4) is 0 Å². The lowest BCUT2D eigenvalue weighted by molar-refractivity contribution is -0.138. The summed E-state index contributed by atoms with van der Waals surface area (Å²) in [5.74, 6) is 6.62. The number of piperazine rings is 1. The monoisotopic (exact) mass is 212 g/mol. The third kappa shape index (κ3) is 2.68. The van der Waals surface area contributed by atoms with Gasteiger partial charge in [0.15, 0.2) is 0 Å². The summed E-state index contributed by atoms with van der Waals surface area (Å²) < 4.78 is 0. The summed E-state index contributed by atoms with van der Waals surface area (Å²) in [5, 5.41) is 1.81. The van der Waals surface area contributed by atoms with E-state index in [4.69, 9.17) is 5.84 Å². The van der Waals surface area contributed by atoms with Crippen molar-refractivity contribution < 1.29 is 4.79 Å². The van der Waals surface area contributed by atoms with Gasteiger partial charge in [-0.25, -0.2) is 5.01 Å². The van der Waals surface area contributed by atoms with Crippen LogP contribution in [0.4, 0.5) is 0 Å². The van der Waals surface area contributed by atoms with Crippen LogP contribution in [0, 0.1) is 5.92 Å². The lowest BCUT2D eigenvalue weighted by atomic mass is 10.0. The van der Waals surface area contributed by atoms with Crippen molar-refractivity contribution in [2.75, 3.05) is 45.8 Å². The highest BCUT2D eigenvalue weighted by Crippen LogP contribution is 2.14. The minimum absolute atomic E-state index is 0.276. The summed E-state index contributed by atoms with van der Waals surface area (Å²) in [4.78, 5) is 15.9. The Bertz CT molecular complexity index is 232. The van der Waals surface area contributed by atoms with Crippen molar-refractivity contribution >= 4 is 5.91 Å². The molecule has 0 radical (unpaired) electrons. The lowest BCUT2D eigenvalue weighted by Crippen LogP contribution is -2.55. The first-order valence-electron chi connectivity index (χ1n) is 5.65. The topological polar surface area (TPSA) is 52.8 Å². The molecular formula is C10H20N4O. The Morgan fingerprint density at radius 3 is 2.40 bits per heavy atom. The molecule has 2 aliphatic heterocycles. The molecule has 15 heavy (non-hydrogen) atoms. The molecule has 2 saturated heterocycles. The van der Waals surface area contributed by atoms with Crippen LogP contribution in [-0.4, -0.2) is 66.5 Å². The predicted molar refractivity (Wildman–Crippen MR) is 57.9 cm³/mol. The maximum absolute atomic E-state index is 11.8. The number of nitrogens with zero attached hydrogens (tertiary/aromatic N) is 3. The van der Waals surface area contributed by atoms with Crippen molar-refractivity contribution in [1.29, 1.82) is 0 Å². The summed E-state index contributed by atoms with van der Waals surface area (Å²) in [6.45, 7) is 8.17. The van der Waals surface area contributed by atoms with Gasteiger partial charge >= 0.3 is 0 Å². The Kier molecular flexibility index (Phi) is 3.23. The van der Waals surface area contributed by atoms with Crippen molar-refractivity contribution in [3.63, 3.8) is 0 Å². The van der Waals surface area contributed by atoms with Crippen molar-refractivity contribution in [3.05, 3.63) is 0 Å². The maximum Gasteiger partial charge on any atom is 0.236 e. The third-order valence-electron chi connectivity index (χ3n) is 3.18. The van der Waals surface area contributed by atoms with Gasteiger partial charge in [-0.15, -0.1) is 0 Å². The molecule has 0 aromatic rings. The molecule has 2 aliphatic rings. The number of carbonyl (C=O) groups excluding carboxylic acids is 1. The molecule has 2 N–H and O–H groups in total. The van der Waals surface area contributed by atoms with Gasteiger partial charge in [0.1, 0.15) is 0 Å². The first kappa shape index (κ1) is 10.9. The van der Waals surface area contributed by atoms with E-state index >= 15 is 0 Å². The third-order valence-corrected chi connectivity index (χ3v) is 3.18. The molecule has 5 heteroatoms. The minimum Gasteiger partial charge on any atom is -0.341 e. The maximum atomic E-state index is 11.8. The molecule has 2 rings (SSSR count). The predicted octanol–water partition coefficient (Wildman–Crippen LogP) is -1.04. The second kappa shape index (κ2) is 4.47.